The van der Waals surface area contributed by atoms with Gasteiger partial charge < -0.3 is 9.84 Å². The van der Waals surface area contributed by atoms with Gasteiger partial charge in [-0.3, -0.25) is 4.98 Å². The molecule has 2 aromatic rings. The van der Waals surface area contributed by atoms with Gasteiger partial charge in [-0.25, -0.2) is 4.39 Å². The Morgan fingerprint density at radius 3 is 2.95 bits per heavy atom. The van der Waals surface area contributed by atoms with Gasteiger partial charge in [-0.1, -0.05) is 17.9 Å². The van der Waals surface area contributed by atoms with Gasteiger partial charge in [-0.05, 0) is 36.8 Å². The Morgan fingerprint density at radius 2 is 2.19 bits per heavy atom. The maximum absolute atomic E-state index is 13.7. The van der Waals surface area contributed by atoms with Gasteiger partial charge in [0.05, 0.1) is 12.3 Å². The molecule has 0 amide bonds. The average Bonchev–Trinajstić information content (AvgIpc) is 2.49. The van der Waals surface area contributed by atoms with Crippen LogP contribution in [0.25, 0.3) is 0 Å². The molecular weight excluding hydrogens is 269 g/mol. The molecule has 1 aromatic heterocycles. The summed E-state index contributed by atoms with van der Waals surface area (Å²) < 4.78 is 19.2. The van der Waals surface area contributed by atoms with Crippen LogP contribution in [0.3, 0.4) is 0 Å². The molecule has 0 radical (unpaired) electrons. The van der Waals surface area contributed by atoms with E-state index in [0.717, 1.165) is 11.3 Å². The van der Waals surface area contributed by atoms with Crippen LogP contribution in [0.1, 0.15) is 23.2 Å². The molecule has 0 aliphatic heterocycles. The molecule has 0 spiro atoms. The van der Waals surface area contributed by atoms with Crippen LogP contribution in [0.15, 0.2) is 36.5 Å². The molecule has 108 valence electrons. The third-order valence-corrected chi connectivity index (χ3v) is 2.88. The smallest absolute Gasteiger partial charge is 0.165 e. The van der Waals surface area contributed by atoms with Crippen LogP contribution >= 0.6 is 0 Å². The van der Waals surface area contributed by atoms with E-state index in [0.29, 0.717) is 12.0 Å². The minimum absolute atomic E-state index is 0.0104. The second-order valence-electron chi connectivity index (χ2n) is 4.48. The quantitative estimate of drug-likeness (QED) is 0.878. The van der Waals surface area contributed by atoms with Gasteiger partial charge in [0.2, 0.25) is 0 Å². The Kier molecular flexibility index (Phi) is 5.30. The topological polar surface area (TPSA) is 42.4 Å². The Morgan fingerprint density at radius 1 is 1.33 bits per heavy atom. The predicted molar refractivity (Wildman–Crippen MR) is 78.3 cm³/mol. The van der Waals surface area contributed by atoms with Crippen LogP contribution in [0.4, 0.5) is 4.39 Å². The van der Waals surface area contributed by atoms with Crippen LogP contribution in [-0.4, -0.2) is 16.7 Å². The van der Waals surface area contributed by atoms with Crippen LogP contribution in [0.5, 0.6) is 5.75 Å². The first kappa shape index (κ1) is 15.0. The minimum atomic E-state index is -0.434. The first-order chi connectivity index (χ1) is 10.2. The molecule has 1 aromatic carbocycles. The van der Waals surface area contributed by atoms with Crippen LogP contribution in [0.2, 0.25) is 0 Å². The van der Waals surface area contributed by atoms with E-state index < -0.39 is 5.82 Å². The lowest BCUT2D eigenvalue weighted by atomic mass is 10.2. The molecule has 0 aliphatic carbocycles. The lowest BCUT2D eigenvalue weighted by Gasteiger charge is -2.08. The van der Waals surface area contributed by atoms with Gasteiger partial charge in [-0.15, -0.1) is 0 Å². The molecular formula is C17H16FNO2. The number of nitrogens with zero attached hydrogens (tertiary/aromatic N) is 1. The number of rotatable bonds is 4. The van der Waals surface area contributed by atoms with Crippen LogP contribution in [-0.2, 0) is 6.61 Å². The first-order valence-electron chi connectivity index (χ1n) is 6.63. The molecule has 0 atom stereocenters. The molecule has 4 heteroatoms. The summed E-state index contributed by atoms with van der Waals surface area (Å²) in [4.78, 5) is 4.20. The summed E-state index contributed by atoms with van der Waals surface area (Å²) in [5.74, 6) is 5.36. The van der Waals surface area contributed by atoms with Crippen molar-refractivity contribution in [1.29, 1.82) is 0 Å². The number of hydrogen-bond acceptors (Lipinski definition) is 3. The van der Waals surface area contributed by atoms with Gasteiger partial charge in [0.25, 0.3) is 0 Å². The number of aryl methyl sites for hydroxylation is 1. The Labute approximate surface area is 123 Å². The van der Waals surface area contributed by atoms with Crippen molar-refractivity contribution in [2.75, 3.05) is 6.61 Å². The monoisotopic (exact) mass is 285 g/mol. The highest BCUT2D eigenvalue weighted by atomic mass is 19.1. The SMILES string of the molecule is Cc1cccnc1COc1cc(C#CCCO)ccc1F. The fraction of sp³-hybridized carbons (Fsp3) is 0.235. The van der Waals surface area contributed by atoms with Crippen molar-refractivity contribution in [3.05, 3.63) is 59.2 Å². The number of benzene rings is 1. The van der Waals surface area contributed by atoms with Crippen molar-refractivity contribution in [2.45, 2.75) is 20.0 Å². The van der Waals surface area contributed by atoms with Gasteiger partial charge in [0.15, 0.2) is 11.6 Å². The van der Waals surface area contributed by atoms with Gasteiger partial charge >= 0.3 is 0 Å². The van der Waals surface area contributed by atoms with E-state index in [1.807, 2.05) is 19.1 Å². The maximum atomic E-state index is 13.7. The van der Waals surface area contributed by atoms with Gasteiger partial charge in [-0.2, -0.15) is 0 Å². The molecule has 3 nitrogen and oxygen atoms in total. The molecule has 0 bridgehead atoms. The fourth-order valence-electron chi connectivity index (χ4n) is 1.73. The van der Waals surface area contributed by atoms with Crippen molar-refractivity contribution in [2.24, 2.45) is 0 Å². The van der Waals surface area contributed by atoms with Crippen molar-refractivity contribution in [3.8, 4) is 17.6 Å². The number of aliphatic hydroxyl groups excluding tert-OH is 1. The molecule has 0 saturated carbocycles. The summed E-state index contributed by atoms with van der Waals surface area (Å²) in [7, 11) is 0. The first-order valence-corrected chi connectivity index (χ1v) is 6.63. The number of pyridine rings is 1. The molecule has 1 N–H and O–H groups in total. The van der Waals surface area contributed by atoms with Crippen molar-refractivity contribution < 1.29 is 14.2 Å². The zero-order valence-electron chi connectivity index (χ0n) is 11.8. The van der Waals surface area contributed by atoms with E-state index in [9.17, 15) is 4.39 Å². The lowest BCUT2D eigenvalue weighted by molar-refractivity contribution is 0.285. The number of aromatic nitrogens is 1. The molecule has 0 unspecified atom stereocenters. The highest BCUT2D eigenvalue weighted by molar-refractivity contribution is 5.40. The molecule has 21 heavy (non-hydrogen) atoms. The minimum Gasteiger partial charge on any atom is -0.484 e. The normalized spacial score (nSPS) is 9.86. The number of ether oxygens (including phenoxy) is 1. The van der Waals surface area contributed by atoms with E-state index >= 15 is 0 Å². The van der Waals surface area contributed by atoms with Crippen LogP contribution < -0.4 is 4.74 Å². The standard InChI is InChI=1S/C17H16FNO2/c1-13-5-4-9-19-16(13)12-21-17-11-14(6-2-3-10-20)7-8-15(17)18/h4-5,7-9,11,20H,3,10,12H2,1H3. The zero-order valence-corrected chi connectivity index (χ0v) is 11.8. The number of aliphatic hydroxyl groups is 1. The summed E-state index contributed by atoms with van der Waals surface area (Å²) in [6, 6.07) is 8.23. The molecule has 1 heterocycles. The Balaban J connectivity index is 2.11. The summed E-state index contributed by atoms with van der Waals surface area (Å²) in [6.45, 7) is 2.15. The lowest BCUT2D eigenvalue weighted by Crippen LogP contribution is -2.02. The van der Waals surface area contributed by atoms with E-state index in [1.54, 1.807) is 18.3 Å². The predicted octanol–water partition coefficient (Wildman–Crippen LogP) is 2.84. The summed E-state index contributed by atoms with van der Waals surface area (Å²) in [5, 5.41) is 8.69. The fourth-order valence-corrected chi connectivity index (χ4v) is 1.73. The molecule has 2 rings (SSSR count). The summed E-state index contributed by atoms with van der Waals surface area (Å²) >= 11 is 0. The van der Waals surface area contributed by atoms with E-state index in [2.05, 4.69) is 16.8 Å². The van der Waals surface area contributed by atoms with E-state index in [4.69, 9.17) is 9.84 Å². The van der Waals surface area contributed by atoms with Crippen molar-refractivity contribution >= 4 is 0 Å². The molecule has 0 saturated heterocycles. The second-order valence-corrected chi connectivity index (χ2v) is 4.48. The number of halogens is 1. The Hall–Kier alpha value is -2.38. The molecule has 0 fully saturated rings. The second kappa shape index (κ2) is 7.41. The highest BCUT2D eigenvalue weighted by Crippen LogP contribution is 2.20. The summed E-state index contributed by atoms with van der Waals surface area (Å²) in [6.07, 6.45) is 2.07. The van der Waals surface area contributed by atoms with Gasteiger partial charge in [0.1, 0.15) is 6.61 Å². The highest BCUT2D eigenvalue weighted by Gasteiger charge is 2.06. The average molecular weight is 285 g/mol. The largest absolute Gasteiger partial charge is 0.484 e. The van der Waals surface area contributed by atoms with Gasteiger partial charge in [0, 0.05) is 18.2 Å². The third kappa shape index (κ3) is 4.30. The van der Waals surface area contributed by atoms with Crippen molar-refractivity contribution in [3.63, 3.8) is 0 Å². The summed E-state index contributed by atoms with van der Waals surface area (Å²) in [5.41, 5.74) is 2.42. The molecule has 0 aliphatic rings. The zero-order chi connectivity index (χ0) is 15.1. The number of hydrogen-bond donors (Lipinski definition) is 1. The van der Waals surface area contributed by atoms with Crippen LogP contribution in [0, 0.1) is 24.6 Å². The Bertz CT molecular complexity index is 674. The maximum Gasteiger partial charge on any atom is 0.165 e. The van der Waals surface area contributed by atoms with E-state index in [-0.39, 0.29) is 19.0 Å². The third-order valence-electron chi connectivity index (χ3n) is 2.88. The van der Waals surface area contributed by atoms with E-state index in [1.165, 1.54) is 6.07 Å². The van der Waals surface area contributed by atoms with Crippen molar-refractivity contribution in [1.82, 2.24) is 4.98 Å².